The van der Waals surface area contributed by atoms with Gasteiger partial charge in [0.05, 0.1) is 12.0 Å². The molecule has 0 unspecified atom stereocenters. The Morgan fingerprint density at radius 2 is 2.11 bits per heavy atom. The Labute approximate surface area is 103 Å². The standard InChI is InChI=1S/C12H13FN4O/c13-9-1-3-10(4-2-9)16-12(18)7-17-6-11(5-14)15-8-17/h1-4,6,8H,5,7,14H2,(H,16,18). The molecule has 18 heavy (non-hydrogen) atoms. The zero-order valence-corrected chi connectivity index (χ0v) is 9.64. The van der Waals surface area contributed by atoms with Gasteiger partial charge in [0.2, 0.25) is 5.91 Å². The lowest BCUT2D eigenvalue weighted by Gasteiger charge is -2.05. The molecule has 0 spiro atoms. The van der Waals surface area contributed by atoms with Crippen LogP contribution in [0.1, 0.15) is 5.69 Å². The molecule has 1 heterocycles. The summed E-state index contributed by atoms with van der Waals surface area (Å²) >= 11 is 0. The van der Waals surface area contributed by atoms with E-state index in [9.17, 15) is 9.18 Å². The summed E-state index contributed by atoms with van der Waals surface area (Å²) in [6.45, 7) is 0.483. The summed E-state index contributed by atoms with van der Waals surface area (Å²) in [7, 11) is 0. The first-order valence-corrected chi connectivity index (χ1v) is 5.43. The molecule has 2 rings (SSSR count). The van der Waals surface area contributed by atoms with E-state index in [-0.39, 0.29) is 18.3 Å². The second-order valence-corrected chi connectivity index (χ2v) is 3.80. The van der Waals surface area contributed by atoms with Gasteiger partial charge in [0.15, 0.2) is 0 Å². The molecule has 0 radical (unpaired) electrons. The number of nitrogens with two attached hydrogens (primary N) is 1. The molecule has 1 amide bonds. The van der Waals surface area contributed by atoms with Gasteiger partial charge >= 0.3 is 0 Å². The zero-order chi connectivity index (χ0) is 13.0. The molecule has 94 valence electrons. The Kier molecular flexibility index (Phi) is 3.69. The van der Waals surface area contributed by atoms with Crippen LogP contribution in [0.5, 0.6) is 0 Å². The van der Waals surface area contributed by atoms with Crippen molar-refractivity contribution >= 4 is 11.6 Å². The highest BCUT2D eigenvalue weighted by Crippen LogP contribution is 2.08. The van der Waals surface area contributed by atoms with Crippen molar-refractivity contribution in [1.82, 2.24) is 9.55 Å². The molecule has 0 fully saturated rings. The number of nitrogens with one attached hydrogen (secondary N) is 1. The van der Waals surface area contributed by atoms with Gasteiger partial charge in [-0.1, -0.05) is 0 Å². The maximum atomic E-state index is 12.7. The predicted molar refractivity (Wildman–Crippen MR) is 65.1 cm³/mol. The van der Waals surface area contributed by atoms with Crippen molar-refractivity contribution in [2.75, 3.05) is 5.32 Å². The Morgan fingerprint density at radius 1 is 1.39 bits per heavy atom. The van der Waals surface area contributed by atoms with Gasteiger partial charge in [-0.05, 0) is 24.3 Å². The lowest BCUT2D eigenvalue weighted by molar-refractivity contribution is -0.116. The Morgan fingerprint density at radius 3 is 2.72 bits per heavy atom. The largest absolute Gasteiger partial charge is 0.328 e. The molecule has 0 bridgehead atoms. The normalized spacial score (nSPS) is 10.3. The Balaban J connectivity index is 1.94. The quantitative estimate of drug-likeness (QED) is 0.851. The molecule has 1 aromatic heterocycles. The number of rotatable bonds is 4. The average Bonchev–Trinajstić information content (AvgIpc) is 2.79. The van der Waals surface area contributed by atoms with Crippen LogP contribution in [0.4, 0.5) is 10.1 Å². The van der Waals surface area contributed by atoms with Crippen molar-refractivity contribution in [3.8, 4) is 0 Å². The number of hydrogen-bond donors (Lipinski definition) is 2. The molecule has 0 aliphatic rings. The molecular formula is C12H13FN4O. The fourth-order valence-electron chi connectivity index (χ4n) is 1.50. The highest BCUT2D eigenvalue weighted by atomic mass is 19.1. The van der Waals surface area contributed by atoms with E-state index in [1.165, 1.54) is 24.3 Å². The molecule has 0 saturated heterocycles. The van der Waals surface area contributed by atoms with E-state index in [1.807, 2.05) is 0 Å². The third-order valence-electron chi connectivity index (χ3n) is 2.35. The molecule has 1 aromatic carbocycles. The molecule has 0 atom stereocenters. The number of carbonyl (C=O) groups is 1. The summed E-state index contributed by atoms with van der Waals surface area (Å²) in [6.07, 6.45) is 3.26. The monoisotopic (exact) mass is 248 g/mol. The molecule has 3 N–H and O–H groups in total. The summed E-state index contributed by atoms with van der Waals surface area (Å²) in [6, 6.07) is 5.59. The van der Waals surface area contributed by atoms with E-state index >= 15 is 0 Å². The zero-order valence-electron chi connectivity index (χ0n) is 9.64. The SMILES string of the molecule is NCc1cn(CC(=O)Nc2ccc(F)cc2)cn1. The van der Waals surface area contributed by atoms with Gasteiger partial charge in [0.25, 0.3) is 0 Å². The molecule has 0 aliphatic carbocycles. The van der Waals surface area contributed by atoms with Crippen LogP contribution in [0, 0.1) is 5.82 Å². The maximum absolute atomic E-state index is 12.7. The van der Waals surface area contributed by atoms with Crippen molar-refractivity contribution in [2.24, 2.45) is 5.73 Å². The van der Waals surface area contributed by atoms with Gasteiger partial charge in [0.1, 0.15) is 12.4 Å². The number of amides is 1. The number of nitrogens with zero attached hydrogens (tertiary/aromatic N) is 2. The lowest BCUT2D eigenvalue weighted by Crippen LogP contribution is -2.17. The minimum atomic E-state index is -0.338. The second kappa shape index (κ2) is 5.42. The van der Waals surface area contributed by atoms with E-state index in [0.29, 0.717) is 12.2 Å². The van der Waals surface area contributed by atoms with Crippen LogP contribution in [0.2, 0.25) is 0 Å². The molecule has 5 nitrogen and oxygen atoms in total. The maximum Gasteiger partial charge on any atom is 0.244 e. The van der Waals surface area contributed by atoms with E-state index in [2.05, 4.69) is 10.3 Å². The summed E-state index contributed by atoms with van der Waals surface area (Å²) in [5.74, 6) is -0.544. The van der Waals surface area contributed by atoms with Gasteiger partial charge in [0, 0.05) is 18.4 Å². The van der Waals surface area contributed by atoms with Crippen LogP contribution in [-0.4, -0.2) is 15.5 Å². The number of aromatic nitrogens is 2. The number of carbonyl (C=O) groups excluding carboxylic acids is 1. The Hall–Kier alpha value is -2.21. The number of anilines is 1. The predicted octanol–water partition coefficient (Wildman–Crippen LogP) is 1.12. The van der Waals surface area contributed by atoms with Gasteiger partial charge in [-0.2, -0.15) is 0 Å². The van der Waals surface area contributed by atoms with Crippen molar-refractivity contribution in [3.05, 3.63) is 48.3 Å². The van der Waals surface area contributed by atoms with Gasteiger partial charge in [-0.3, -0.25) is 4.79 Å². The minimum absolute atomic E-state index is 0.143. The smallest absolute Gasteiger partial charge is 0.244 e. The second-order valence-electron chi connectivity index (χ2n) is 3.80. The highest BCUT2D eigenvalue weighted by molar-refractivity contribution is 5.90. The summed E-state index contributed by atoms with van der Waals surface area (Å²) < 4.78 is 14.3. The molecule has 0 aliphatic heterocycles. The van der Waals surface area contributed by atoms with E-state index in [1.54, 1.807) is 17.1 Å². The van der Waals surface area contributed by atoms with E-state index in [0.717, 1.165) is 5.69 Å². The number of halogens is 1. The van der Waals surface area contributed by atoms with Gasteiger partial charge < -0.3 is 15.6 Å². The van der Waals surface area contributed by atoms with Gasteiger partial charge in [-0.25, -0.2) is 9.37 Å². The van der Waals surface area contributed by atoms with Crippen molar-refractivity contribution < 1.29 is 9.18 Å². The van der Waals surface area contributed by atoms with Crippen LogP contribution < -0.4 is 11.1 Å². The molecule has 0 saturated carbocycles. The highest BCUT2D eigenvalue weighted by Gasteiger charge is 2.04. The third-order valence-corrected chi connectivity index (χ3v) is 2.35. The van der Waals surface area contributed by atoms with E-state index < -0.39 is 0 Å². The molecular weight excluding hydrogens is 235 g/mol. The number of imidazole rings is 1. The fraction of sp³-hybridized carbons (Fsp3) is 0.167. The van der Waals surface area contributed by atoms with Crippen LogP contribution in [0.3, 0.4) is 0 Å². The lowest BCUT2D eigenvalue weighted by atomic mass is 10.3. The molecule has 6 heteroatoms. The number of benzene rings is 1. The number of hydrogen-bond acceptors (Lipinski definition) is 3. The Bertz CT molecular complexity index is 535. The van der Waals surface area contributed by atoms with Crippen LogP contribution in [-0.2, 0) is 17.9 Å². The summed E-state index contributed by atoms with van der Waals surface area (Å²) in [5.41, 5.74) is 6.70. The van der Waals surface area contributed by atoms with Crippen LogP contribution in [0.15, 0.2) is 36.8 Å². The van der Waals surface area contributed by atoms with Crippen LogP contribution >= 0.6 is 0 Å². The van der Waals surface area contributed by atoms with Gasteiger partial charge in [-0.15, -0.1) is 0 Å². The first-order valence-electron chi connectivity index (χ1n) is 5.43. The third kappa shape index (κ3) is 3.14. The van der Waals surface area contributed by atoms with Crippen LogP contribution in [0.25, 0.3) is 0 Å². The summed E-state index contributed by atoms with van der Waals surface area (Å²) in [5, 5.41) is 2.66. The molecule has 2 aromatic rings. The topological polar surface area (TPSA) is 72.9 Å². The van der Waals surface area contributed by atoms with E-state index in [4.69, 9.17) is 5.73 Å². The summed E-state index contributed by atoms with van der Waals surface area (Å²) in [4.78, 5) is 15.7. The first kappa shape index (κ1) is 12.3. The average molecular weight is 248 g/mol. The fourth-order valence-corrected chi connectivity index (χ4v) is 1.50. The first-order chi connectivity index (χ1) is 8.67. The van der Waals surface area contributed by atoms with Crippen molar-refractivity contribution in [2.45, 2.75) is 13.1 Å². The van der Waals surface area contributed by atoms with Crippen molar-refractivity contribution in [1.29, 1.82) is 0 Å². The minimum Gasteiger partial charge on any atom is -0.328 e. The van der Waals surface area contributed by atoms with Crippen molar-refractivity contribution in [3.63, 3.8) is 0 Å².